The largest absolute Gasteiger partial charge is 0.438 e. The third-order valence-corrected chi connectivity index (χ3v) is 12.6. The fraction of sp³-hybridized carbons (Fsp3) is 0.333. The van der Waals surface area contributed by atoms with Crippen LogP contribution in [-0.2, 0) is 0 Å². The topological polar surface area (TPSA) is 59.1 Å². The maximum atomic E-state index is 15.4. The SMILES string of the molecule is Cc1cc(C)cc(C(=O)N2[C@@H]3c4ccc(C)cc4OP(C4C=CC=C4)Oc4cc(C)ccc4[C@H]3N(C(=O)c3cc(C)cc(C)c3)[C@H]3CCCC[C@@H]32)c1. The monoisotopic (exact) mass is 710 g/mol. The first kappa shape index (κ1) is 34.4. The average Bonchev–Trinajstić information content (AvgIpc) is 3.66. The lowest BCUT2D eigenvalue weighted by Crippen LogP contribution is -2.65. The van der Waals surface area contributed by atoms with Gasteiger partial charge in [-0.3, -0.25) is 9.59 Å². The van der Waals surface area contributed by atoms with E-state index in [0.717, 1.165) is 70.2 Å². The standard InChI is InChI=1S/C45H47N2O4P/c1-27-15-17-36-40(25-27)50-52(35-11-7-8-12-35)51-41-26-28(2)16-18-37(41)43-42(36)46(44(48)33-21-29(3)19-30(4)22-33)38-13-9-10-14-39(38)47(43)45(49)34-23-31(5)20-32(6)24-34/h7-8,11-12,15-26,35,38-39,42-43H,9-10,13-14H2,1-6H3/t38-,39-,42+,43+/m0/s1. The fourth-order valence-electron chi connectivity index (χ4n) is 8.97. The second-order valence-electron chi connectivity index (χ2n) is 15.3. The van der Waals surface area contributed by atoms with Crippen molar-refractivity contribution < 1.29 is 18.6 Å². The number of benzene rings is 4. The van der Waals surface area contributed by atoms with Gasteiger partial charge in [-0.05, 0) is 102 Å². The predicted molar refractivity (Wildman–Crippen MR) is 208 cm³/mol. The van der Waals surface area contributed by atoms with Gasteiger partial charge >= 0.3 is 8.38 Å². The Balaban J connectivity index is 1.43. The molecule has 0 N–H and O–H groups in total. The van der Waals surface area contributed by atoms with Crippen LogP contribution in [0, 0.1) is 41.5 Å². The molecule has 4 aromatic carbocycles. The Morgan fingerprint density at radius 1 is 0.558 bits per heavy atom. The Hall–Kier alpha value is -4.67. The Labute approximate surface area is 309 Å². The Bertz CT molecular complexity index is 1950. The lowest BCUT2D eigenvalue weighted by Gasteiger charge is -2.58. The van der Waals surface area contributed by atoms with Crippen LogP contribution in [0.2, 0.25) is 0 Å². The Morgan fingerprint density at radius 3 is 1.37 bits per heavy atom. The molecule has 2 fully saturated rings. The van der Waals surface area contributed by atoms with Crippen molar-refractivity contribution in [2.75, 3.05) is 0 Å². The third kappa shape index (κ3) is 6.26. The summed E-state index contributed by atoms with van der Waals surface area (Å²) in [7, 11) is -1.52. The van der Waals surface area contributed by atoms with E-state index in [0.29, 0.717) is 22.6 Å². The maximum Gasteiger partial charge on any atom is 0.301 e. The number of aryl methyl sites for hydroxylation is 6. The zero-order valence-electron chi connectivity index (χ0n) is 30.9. The number of rotatable bonds is 3. The fourth-order valence-corrected chi connectivity index (χ4v) is 10.4. The molecule has 1 saturated heterocycles. The van der Waals surface area contributed by atoms with Gasteiger partial charge in [0.1, 0.15) is 11.5 Å². The molecule has 0 radical (unpaired) electrons. The van der Waals surface area contributed by atoms with Crippen molar-refractivity contribution in [2.24, 2.45) is 0 Å². The van der Waals surface area contributed by atoms with E-state index in [9.17, 15) is 0 Å². The van der Waals surface area contributed by atoms with Gasteiger partial charge in [-0.25, -0.2) is 0 Å². The predicted octanol–water partition coefficient (Wildman–Crippen LogP) is 10.5. The van der Waals surface area contributed by atoms with Gasteiger partial charge in [-0.1, -0.05) is 95.8 Å². The molecule has 1 saturated carbocycles. The highest BCUT2D eigenvalue weighted by Gasteiger charge is 2.55. The number of amides is 2. The number of piperazine rings is 1. The summed E-state index contributed by atoms with van der Waals surface area (Å²) in [4.78, 5) is 35.1. The zero-order valence-corrected chi connectivity index (χ0v) is 31.8. The van der Waals surface area contributed by atoms with Crippen molar-refractivity contribution in [3.05, 3.63) is 153 Å². The smallest absolute Gasteiger partial charge is 0.301 e. The van der Waals surface area contributed by atoms with Crippen molar-refractivity contribution in [1.82, 2.24) is 9.80 Å². The molecule has 0 bridgehead atoms. The van der Waals surface area contributed by atoms with Crippen molar-refractivity contribution in [2.45, 2.75) is 97.1 Å². The van der Waals surface area contributed by atoms with Crippen molar-refractivity contribution in [3.63, 3.8) is 0 Å². The van der Waals surface area contributed by atoms with Crippen LogP contribution in [0.3, 0.4) is 0 Å². The van der Waals surface area contributed by atoms with Gasteiger partial charge in [0.15, 0.2) is 0 Å². The van der Waals surface area contributed by atoms with Crippen LogP contribution in [0.25, 0.3) is 0 Å². The summed E-state index contributed by atoms with van der Waals surface area (Å²) in [6.07, 6.45) is 11.9. The molecule has 0 unspecified atom stereocenters. The van der Waals surface area contributed by atoms with Crippen LogP contribution < -0.4 is 9.05 Å². The summed E-state index contributed by atoms with van der Waals surface area (Å²) in [6.45, 7) is 12.3. The van der Waals surface area contributed by atoms with Crippen LogP contribution in [0.5, 0.6) is 11.5 Å². The molecular weight excluding hydrogens is 663 g/mol. The van der Waals surface area contributed by atoms with Crippen molar-refractivity contribution in [3.8, 4) is 11.5 Å². The Kier molecular flexibility index (Phi) is 9.07. The zero-order chi connectivity index (χ0) is 36.3. The lowest BCUT2D eigenvalue weighted by atomic mass is 9.77. The van der Waals surface area contributed by atoms with Gasteiger partial charge in [-0.2, -0.15) is 0 Å². The molecule has 2 amide bonds. The highest BCUT2D eigenvalue weighted by Crippen LogP contribution is 2.58. The number of hydrogen-bond donors (Lipinski definition) is 0. The van der Waals surface area contributed by atoms with Crippen molar-refractivity contribution in [1.29, 1.82) is 0 Å². The van der Waals surface area contributed by atoms with Crippen LogP contribution >= 0.6 is 8.38 Å². The second kappa shape index (κ2) is 13.7. The van der Waals surface area contributed by atoms with Gasteiger partial charge in [0.25, 0.3) is 11.8 Å². The Morgan fingerprint density at radius 2 is 0.962 bits per heavy atom. The minimum Gasteiger partial charge on any atom is -0.438 e. The summed E-state index contributed by atoms with van der Waals surface area (Å²) in [5.74, 6) is 1.37. The number of hydrogen-bond acceptors (Lipinski definition) is 4. The summed E-state index contributed by atoms with van der Waals surface area (Å²) < 4.78 is 14.1. The van der Waals surface area contributed by atoms with E-state index in [2.05, 4.69) is 84.3 Å². The average molecular weight is 711 g/mol. The summed E-state index contributed by atoms with van der Waals surface area (Å²) in [5, 5.41) is 0. The normalized spacial score (nSPS) is 22.6. The second-order valence-corrected chi connectivity index (χ2v) is 16.8. The highest BCUT2D eigenvalue weighted by atomic mass is 31.2. The molecule has 4 atom stereocenters. The molecule has 2 aliphatic heterocycles. The molecule has 7 heteroatoms. The maximum absolute atomic E-state index is 15.4. The molecule has 52 heavy (non-hydrogen) atoms. The van der Waals surface area contributed by atoms with Crippen LogP contribution in [0.1, 0.15) is 103 Å². The molecular formula is C45H47N2O4P. The van der Waals surface area contributed by atoms with Crippen LogP contribution in [0.4, 0.5) is 0 Å². The first-order valence-electron chi connectivity index (χ1n) is 18.6. The molecule has 8 rings (SSSR count). The highest BCUT2D eigenvalue weighted by molar-refractivity contribution is 7.49. The first-order chi connectivity index (χ1) is 25.0. The summed E-state index contributed by atoms with van der Waals surface area (Å²) in [6, 6.07) is 23.4. The molecule has 0 aromatic heterocycles. The summed E-state index contributed by atoms with van der Waals surface area (Å²) in [5.41, 5.74) is 9.39. The van der Waals surface area contributed by atoms with Gasteiger partial charge in [-0.15, -0.1) is 0 Å². The quantitative estimate of drug-likeness (QED) is 0.199. The lowest BCUT2D eigenvalue weighted by molar-refractivity contribution is -0.0531. The first-order valence-corrected chi connectivity index (χ1v) is 19.8. The molecule has 2 aliphatic carbocycles. The number of carbonyl (C=O) groups is 2. The number of fused-ring (bicyclic) bond motifs is 6. The van der Waals surface area contributed by atoms with E-state index in [1.54, 1.807) is 0 Å². The van der Waals surface area contributed by atoms with E-state index in [1.807, 2.05) is 64.1 Å². The summed E-state index contributed by atoms with van der Waals surface area (Å²) >= 11 is 0. The minimum absolute atomic E-state index is 0.0125. The van der Waals surface area contributed by atoms with Crippen molar-refractivity contribution >= 4 is 20.2 Å². The van der Waals surface area contributed by atoms with Gasteiger partial charge in [0.05, 0.1) is 29.8 Å². The van der Waals surface area contributed by atoms with E-state index < -0.39 is 20.5 Å². The van der Waals surface area contributed by atoms with Crippen LogP contribution in [-0.4, -0.2) is 39.4 Å². The van der Waals surface area contributed by atoms with Gasteiger partial charge in [0, 0.05) is 22.3 Å². The number of carbonyl (C=O) groups excluding carboxylic acids is 2. The molecule has 4 aromatic rings. The molecule has 6 nitrogen and oxygen atoms in total. The molecule has 2 heterocycles. The number of allylic oxidation sites excluding steroid dienone is 4. The molecule has 0 spiro atoms. The third-order valence-electron chi connectivity index (χ3n) is 11.0. The van der Waals surface area contributed by atoms with Gasteiger partial charge in [0.2, 0.25) is 0 Å². The number of nitrogens with zero attached hydrogens (tertiary/aromatic N) is 2. The van der Waals surface area contributed by atoms with E-state index in [-0.39, 0.29) is 29.6 Å². The minimum atomic E-state index is -1.52. The molecule has 266 valence electrons. The molecule has 4 aliphatic rings. The van der Waals surface area contributed by atoms with E-state index >= 15 is 9.59 Å². The van der Waals surface area contributed by atoms with E-state index in [1.165, 1.54) is 0 Å². The van der Waals surface area contributed by atoms with Gasteiger partial charge < -0.3 is 18.8 Å². The van der Waals surface area contributed by atoms with Crippen LogP contribution in [0.15, 0.2) is 97.1 Å². The van der Waals surface area contributed by atoms with E-state index in [4.69, 9.17) is 9.05 Å².